The summed E-state index contributed by atoms with van der Waals surface area (Å²) in [5, 5.41) is 0. The highest BCUT2D eigenvalue weighted by molar-refractivity contribution is 6.21. The largest absolute Gasteiger partial charge is 0.496 e. The molecule has 8 heteroatoms. The highest BCUT2D eigenvalue weighted by Crippen LogP contribution is 2.25. The third-order valence-electron chi connectivity index (χ3n) is 5.18. The molecule has 0 saturated carbocycles. The summed E-state index contributed by atoms with van der Waals surface area (Å²) in [6, 6.07) is 16.3. The number of carbonyl (C=O) groups is 4. The van der Waals surface area contributed by atoms with Gasteiger partial charge in [0.05, 0.1) is 35.9 Å². The predicted molar refractivity (Wildman–Crippen MR) is 115 cm³/mol. The summed E-state index contributed by atoms with van der Waals surface area (Å²) in [6.07, 6.45) is 0. The zero-order valence-electron chi connectivity index (χ0n) is 17.5. The number of hydrogen-bond donors (Lipinski definition) is 0. The van der Waals surface area contributed by atoms with Gasteiger partial charge in [-0.1, -0.05) is 24.3 Å². The minimum absolute atomic E-state index is 0.0209. The molecule has 3 aromatic rings. The molecular formula is C25H18FNO6. The number of benzene rings is 3. The number of ketones is 1. The maximum absolute atomic E-state index is 13.5. The van der Waals surface area contributed by atoms with Gasteiger partial charge in [-0.3, -0.25) is 19.3 Å². The van der Waals surface area contributed by atoms with Crippen molar-refractivity contribution in [1.82, 2.24) is 4.90 Å². The zero-order valence-corrected chi connectivity index (χ0v) is 17.5. The average Bonchev–Trinajstić information content (AvgIpc) is 3.07. The molecular weight excluding hydrogens is 429 g/mol. The second-order valence-electron chi connectivity index (χ2n) is 7.29. The van der Waals surface area contributed by atoms with Gasteiger partial charge in [-0.25, -0.2) is 9.18 Å². The SMILES string of the molecule is COc1ccc(F)cc1C(=O)COC(=O)c1cccc(CN2C(=O)c3ccccc3C2=O)c1. The van der Waals surface area contributed by atoms with Gasteiger partial charge in [0, 0.05) is 0 Å². The maximum Gasteiger partial charge on any atom is 0.338 e. The van der Waals surface area contributed by atoms with Crippen molar-refractivity contribution < 1.29 is 33.0 Å². The molecule has 0 bridgehead atoms. The lowest BCUT2D eigenvalue weighted by Gasteiger charge is -2.14. The maximum atomic E-state index is 13.5. The lowest BCUT2D eigenvalue weighted by atomic mass is 10.1. The van der Waals surface area contributed by atoms with Crippen LogP contribution >= 0.6 is 0 Å². The normalized spacial score (nSPS) is 12.5. The monoisotopic (exact) mass is 447 g/mol. The van der Waals surface area contributed by atoms with Crippen LogP contribution in [0.3, 0.4) is 0 Å². The molecule has 2 amide bonds. The minimum Gasteiger partial charge on any atom is -0.496 e. The van der Waals surface area contributed by atoms with E-state index in [0.29, 0.717) is 16.7 Å². The Kier molecular flexibility index (Phi) is 5.99. The van der Waals surface area contributed by atoms with Gasteiger partial charge >= 0.3 is 5.97 Å². The average molecular weight is 447 g/mol. The van der Waals surface area contributed by atoms with Gasteiger partial charge in [0.1, 0.15) is 11.6 Å². The highest BCUT2D eigenvalue weighted by Gasteiger charge is 2.35. The van der Waals surface area contributed by atoms with Crippen molar-refractivity contribution in [2.45, 2.75) is 6.54 Å². The molecule has 0 aliphatic carbocycles. The summed E-state index contributed by atoms with van der Waals surface area (Å²) >= 11 is 0. The molecule has 0 fully saturated rings. The second-order valence-corrected chi connectivity index (χ2v) is 7.29. The molecule has 3 aromatic carbocycles. The molecule has 0 saturated heterocycles. The van der Waals surface area contributed by atoms with Crippen LogP contribution in [0, 0.1) is 5.82 Å². The Bertz CT molecular complexity index is 1250. The van der Waals surface area contributed by atoms with E-state index in [9.17, 15) is 23.6 Å². The van der Waals surface area contributed by atoms with Crippen LogP contribution in [0.4, 0.5) is 4.39 Å². The third kappa shape index (κ3) is 4.36. The van der Waals surface area contributed by atoms with Crippen molar-refractivity contribution in [3.8, 4) is 5.75 Å². The molecule has 33 heavy (non-hydrogen) atoms. The van der Waals surface area contributed by atoms with Crippen LogP contribution < -0.4 is 4.74 Å². The molecule has 0 atom stereocenters. The van der Waals surface area contributed by atoms with Crippen molar-refractivity contribution in [2.24, 2.45) is 0 Å². The Hall–Kier alpha value is -4.33. The van der Waals surface area contributed by atoms with Crippen molar-refractivity contribution in [3.05, 3.63) is 100 Å². The first-order valence-electron chi connectivity index (χ1n) is 9.97. The van der Waals surface area contributed by atoms with E-state index in [1.807, 2.05) is 0 Å². The second kappa shape index (κ2) is 9.04. The molecule has 7 nitrogen and oxygen atoms in total. The first-order chi connectivity index (χ1) is 15.9. The van der Waals surface area contributed by atoms with Crippen molar-refractivity contribution >= 4 is 23.6 Å². The van der Waals surface area contributed by atoms with Crippen molar-refractivity contribution in [2.75, 3.05) is 13.7 Å². The van der Waals surface area contributed by atoms with Crippen LogP contribution in [0.15, 0.2) is 66.7 Å². The zero-order chi connectivity index (χ0) is 23.5. The fourth-order valence-electron chi connectivity index (χ4n) is 3.55. The summed E-state index contributed by atoms with van der Waals surface area (Å²) in [4.78, 5) is 51.1. The van der Waals surface area contributed by atoms with Gasteiger partial charge in [-0.15, -0.1) is 0 Å². The molecule has 1 heterocycles. The summed E-state index contributed by atoms with van der Waals surface area (Å²) in [6.45, 7) is -0.631. The van der Waals surface area contributed by atoms with Gasteiger partial charge in [-0.05, 0) is 48.0 Å². The van der Waals surface area contributed by atoms with E-state index in [0.717, 1.165) is 17.0 Å². The topological polar surface area (TPSA) is 90.0 Å². The number of nitrogens with zero attached hydrogens (tertiary/aromatic N) is 1. The molecule has 0 unspecified atom stereocenters. The smallest absolute Gasteiger partial charge is 0.338 e. The van der Waals surface area contributed by atoms with Crippen LogP contribution in [-0.2, 0) is 11.3 Å². The lowest BCUT2D eigenvalue weighted by molar-refractivity contribution is 0.0473. The molecule has 1 aliphatic rings. The summed E-state index contributed by atoms with van der Waals surface area (Å²) in [7, 11) is 1.34. The first-order valence-corrected chi connectivity index (χ1v) is 9.97. The lowest BCUT2D eigenvalue weighted by Crippen LogP contribution is -2.29. The first kappa shape index (κ1) is 21.9. The number of ether oxygens (including phenoxy) is 2. The Morgan fingerprint density at radius 3 is 2.27 bits per heavy atom. The fourth-order valence-corrected chi connectivity index (χ4v) is 3.55. The molecule has 0 N–H and O–H groups in total. The molecule has 0 spiro atoms. The Morgan fingerprint density at radius 2 is 1.61 bits per heavy atom. The van der Waals surface area contributed by atoms with E-state index in [1.54, 1.807) is 36.4 Å². The number of rotatable bonds is 7. The van der Waals surface area contributed by atoms with Crippen LogP contribution in [-0.4, -0.2) is 42.2 Å². The predicted octanol–water partition coefficient (Wildman–Crippen LogP) is 3.67. The molecule has 4 rings (SSSR count). The van der Waals surface area contributed by atoms with E-state index in [2.05, 4.69) is 0 Å². The third-order valence-corrected chi connectivity index (χ3v) is 5.18. The van der Waals surface area contributed by atoms with Gasteiger partial charge in [-0.2, -0.15) is 0 Å². The minimum atomic E-state index is -0.775. The Morgan fingerprint density at radius 1 is 0.909 bits per heavy atom. The number of halogens is 1. The summed E-state index contributed by atoms with van der Waals surface area (Å²) in [5.41, 5.74) is 1.32. The fraction of sp³-hybridized carbons (Fsp3) is 0.120. The number of imide groups is 1. The molecule has 0 aromatic heterocycles. The summed E-state index contributed by atoms with van der Waals surface area (Å²) < 4.78 is 23.6. The van der Waals surface area contributed by atoms with Crippen LogP contribution in [0.25, 0.3) is 0 Å². The number of fused-ring (bicyclic) bond motifs is 1. The standard InChI is InChI=1S/C25H18FNO6/c1-32-22-10-9-17(26)12-20(22)21(28)14-33-25(31)16-6-4-5-15(11-16)13-27-23(29)18-7-2-3-8-19(18)24(27)30/h2-12H,13-14H2,1H3. The van der Waals surface area contributed by atoms with Gasteiger partial charge in [0.15, 0.2) is 6.61 Å². The van der Waals surface area contributed by atoms with Crippen LogP contribution in [0.5, 0.6) is 5.75 Å². The van der Waals surface area contributed by atoms with Gasteiger partial charge in [0.25, 0.3) is 11.8 Å². The van der Waals surface area contributed by atoms with Gasteiger partial charge in [0.2, 0.25) is 5.78 Å². The Labute approximate surface area is 188 Å². The van der Waals surface area contributed by atoms with Crippen molar-refractivity contribution in [1.29, 1.82) is 0 Å². The number of amides is 2. The van der Waals surface area contributed by atoms with E-state index in [1.165, 1.54) is 25.3 Å². The van der Waals surface area contributed by atoms with Crippen molar-refractivity contribution in [3.63, 3.8) is 0 Å². The van der Waals surface area contributed by atoms with Gasteiger partial charge < -0.3 is 9.47 Å². The van der Waals surface area contributed by atoms with E-state index < -0.39 is 36.0 Å². The quantitative estimate of drug-likeness (QED) is 0.312. The number of carbonyl (C=O) groups excluding carboxylic acids is 4. The summed E-state index contributed by atoms with van der Waals surface area (Å²) in [5.74, 6) is -2.66. The Balaban J connectivity index is 1.44. The number of methoxy groups -OCH3 is 1. The van der Waals surface area contributed by atoms with Crippen LogP contribution in [0.2, 0.25) is 0 Å². The highest BCUT2D eigenvalue weighted by atomic mass is 19.1. The van der Waals surface area contributed by atoms with E-state index in [-0.39, 0.29) is 23.4 Å². The van der Waals surface area contributed by atoms with E-state index in [4.69, 9.17) is 9.47 Å². The van der Waals surface area contributed by atoms with Crippen LogP contribution in [0.1, 0.15) is 47.0 Å². The molecule has 0 radical (unpaired) electrons. The molecule has 166 valence electrons. The molecule has 1 aliphatic heterocycles. The number of esters is 1. The van der Waals surface area contributed by atoms with E-state index >= 15 is 0 Å². The number of Topliss-reactive ketones (excluding diaryl/α,β-unsaturated/α-hetero) is 1. The number of hydrogen-bond acceptors (Lipinski definition) is 6.